The highest BCUT2D eigenvalue weighted by atomic mass is 35.5. The molecule has 0 bridgehead atoms. The molecule has 2 aromatic carbocycles. The van der Waals surface area contributed by atoms with Crippen molar-refractivity contribution in [2.24, 2.45) is 0 Å². The van der Waals surface area contributed by atoms with Gasteiger partial charge in [0.1, 0.15) is 6.04 Å². The standard InChI is InChI=1S/C23H28Cl2N2O2S/c1-15(2)26-23(29)17(4)27(14-18-7-8-19(24)13-21(18)25)22(28)11-12-30-20-9-5-16(3)6-10-20/h5-10,13,15,17H,11-12,14H2,1-4H3,(H,26,29). The van der Waals surface area contributed by atoms with E-state index >= 15 is 0 Å². The lowest BCUT2D eigenvalue weighted by Gasteiger charge is -2.29. The lowest BCUT2D eigenvalue weighted by atomic mass is 10.1. The number of nitrogens with one attached hydrogen (secondary N) is 1. The second-order valence-corrected chi connectivity index (χ2v) is 9.52. The monoisotopic (exact) mass is 466 g/mol. The summed E-state index contributed by atoms with van der Waals surface area (Å²) in [7, 11) is 0. The maximum Gasteiger partial charge on any atom is 0.242 e. The van der Waals surface area contributed by atoms with Gasteiger partial charge >= 0.3 is 0 Å². The molecule has 0 spiro atoms. The molecule has 2 aromatic rings. The molecule has 0 radical (unpaired) electrons. The number of carbonyl (C=O) groups excluding carboxylic acids is 2. The summed E-state index contributed by atoms with van der Waals surface area (Å²) in [5.41, 5.74) is 1.95. The van der Waals surface area contributed by atoms with Gasteiger partial charge in [-0.1, -0.05) is 47.0 Å². The highest BCUT2D eigenvalue weighted by molar-refractivity contribution is 7.99. The van der Waals surface area contributed by atoms with Crippen LogP contribution >= 0.6 is 35.0 Å². The SMILES string of the molecule is Cc1ccc(SCCC(=O)N(Cc2ccc(Cl)cc2Cl)C(C)C(=O)NC(C)C)cc1. The van der Waals surface area contributed by atoms with E-state index in [0.29, 0.717) is 22.2 Å². The summed E-state index contributed by atoms with van der Waals surface area (Å²) in [5.74, 6) is 0.354. The minimum atomic E-state index is -0.615. The molecule has 7 heteroatoms. The maximum absolute atomic E-state index is 13.1. The van der Waals surface area contributed by atoms with Crippen LogP contribution in [0.15, 0.2) is 47.4 Å². The van der Waals surface area contributed by atoms with Gasteiger partial charge in [-0.2, -0.15) is 0 Å². The zero-order valence-corrected chi connectivity index (χ0v) is 20.1. The van der Waals surface area contributed by atoms with Gasteiger partial charge in [0.15, 0.2) is 0 Å². The molecule has 0 heterocycles. The maximum atomic E-state index is 13.1. The van der Waals surface area contributed by atoms with Gasteiger partial charge in [-0.15, -0.1) is 11.8 Å². The molecule has 1 atom stereocenters. The van der Waals surface area contributed by atoms with E-state index in [1.807, 2.05) is 20.8 Å². The van der Waals surface area contributed by atoms with E-state index in [4.69, 9.17) is 23.2 Å². The molecule has 0 aliphatic heterocycles. The number of carbonyl (C=O) groups is 2. The highest BCUT2D eigenvalue weighted by Crippen LogP contribution is 2.24. The molecule has 162 valence electrons. The van der Waals surface area contributed by atoms with E-state index in [0.717, 1.165) is 10.5 Å². The molecule has 0 saturated carbocycles. The van der Waals surface area contributed by atoms with E-state index in [1.165, 1.54) is 5.56 Å². The van der Waals surface area contributed by atoms with E-state index < -0.39 is 6.04 Å². The third-order valence-corrected chi connectivity index (χ3v) is 6.16. The molecule has 1 N–H and O–H groups in total. The topological polar surface area (TPSA) is 49.4 Å². The average Bonchev–Trinajstić information content (AvgIpc) is 2.67. The first kappa shape index (κ1) is 24.6. The van der Waals surface area contributed by atoms with Crippen molar-refractivity contribution in [1.82, 2.24) is 10.2 Å². The first-order valence-electron chi connectivity index (χ1n) is 9.90. The Morgan fingerprint density at radius 3 is 2.33 bits per heavy atom. The van der Waals surface area contributed by atoms with Crippen LogP contribution in [0.3, 0.4) is 0 Å². The lowest BCUT2D eigenvalue weighted by molar-refractivity contribution is -0.140. The van der Waals surface area contributed by atoms with Crippen molar-refractivity contribution in [1.29, 1.82) is 0 Å². The minimum Gasteiger partial charge on any atom is -0.352 e. The number of hydrogen-bond donors (Lipinski definition) is 1. The Hall–Kier alpha value is -1.69. The molecule has 0 aliphatic rings. The van der Waals surface area contributed by atoms with Crippen LogP contribution in [0.2, 0.25) is 10.0 Å². The molecule has 1 unspecified atom stereocenters. The predicted molar refractivity (Wildman–Crippen MR) is 126 cm³/mol. The Morgan fingerprint density at radius 1 is 1.07 bits per heavy atom. The van der Waals surface area contributed by atoms with Crippen molar-refractivity contribution >= 4 is 46.8 Å². The minimum absolute atomic E-state index is 0.00638. The second-order valence-electron chi connectivity index (χ2n) is 7.51. The fourth-order valence-electron chi connectivity index (χ4n) is 2.86. The number of aryl methyl sites for hydroxylation is 1. The predicted octanol–water partition coefficient (Wildman–Crippen LogP) is 5.73. The summed E-state index contributed by atoms with van der Waals surface area (Å²) in [4.78, 5) is 28.4. The van der Waals surface area contributed by atoms with E-state index in [2.05, 4.69) is 29.6 Å². The van der Waals surface area contributed by atoms with Gasteiger partial charge < -0.3 is 10.2 Å². The van der Waals surface area contributed by atoms with Gasteiger partial charge in [0.2, 0.25) is 11.8 Å². The third-order valence-electron chi connectivity index (χ3n) is 4.56. The Bertz CT molecular complexity index is 872. The van der Waals surface area contributed by atoms with Crippen LogP contribution in [0, 0.1) is 6.92 Å². The van der Waals surface area contributed by atoms with Crippen molar-refractivity contribution < 1.29 is 9.59 Å². The largest absolute Gasteiger partial charge is 0.352 e. The van der Waals surface area contributed by atoms with Crippen LogP contribution in [0.4, 0.5) is 0 Å². The number of thioether (sulfide) groups is 1. The van der Waals surface area contributed by atoms with Crippen molar-refractivity contribution in [2.75, 3.05) is 5.75 Å². The number of benzene rings is 2. The van der Waals surface area contributed by atoms with E-state index in [-0.39, 0.29) is 24.4 Å². The number of hydrogen-bond acceptors (Lipinski definition) is 3. The summed E-state index contributed by atoms with van der Waals surface area (Å²) < 4.78 is 0. The molecule has 30 heavy (non-hydrogen) atoms. The fraction of sp³-hybridized carbons (Fsp3) is 0.391. The van der Waals surface area contributed by atoms with Gasteiger partial charge in [-0.25, -0.2) is 0 Å². The Balaban J connectivity index is 2.11. The summed E-state index contributed by atoms with van der Waals surface area (Å²) in [5, 5.41) is 3.89. The van der Waals surface area contributed by atoms with Crippen LogP contribution in [0.5, 0.6) is 0 Å². The van der Waals surface area contributed by atoms with Gasteiger partial charge in [0.25, 0.3) is 0 Å². The fourth-order valence-corrected chi connectivity index (χ4v) is 4.16. The molecule has 0 aromatic heterocycles. The first-order valence-corrected chi connectivity index (χ1v) is 11.6. The molecule has 0 fully saturated rings. The van der Waals surface area contributed by atoms with Crippen molar-refractivity contribution in [2.45, 2.75) is 57.6 Å². The van der Waals surface area contributed by atoms with Crippen LogP contribution < -0.4 is 5.32 Å². The van der Waals surface area contributed by atoms with Gasteiger partial charge in [-0.3, -0.25) is 9.59 Å². The van der Waals surface area contributed by atoms with E-state index in [1.54, 1.807) is 41.8 Å². The average molecular weight is 467 g/mol. The number of rotatable bonds is 9. The van der Waals surface area contributed by atoms with Crippen LogP contribution in [-0.2, 0) is 16.1 Å². The molecule has 2 amide bonds. The second kappa shape index (κ2) is 11.6. The molecular weight excluding hydrogens is 439 g/mol. The lowest BCUT2D eigenvalue weighted by Crippen LogP contribution is -2.49. The summed E-state index contributed by atoms with van der Waals surface area (Å²) in [6.07, 6.45) is 0.322. The van der Waals surface area contributed by atoms with Gasteiger partial charge in [0, 0.05) is 39.7 Å². The van der Waals surface area contributed by atoms with Gasteiger partial charge in [0.05, 0.1) is 0 Å². The summed E-state index contributed by atoms with van der Waals surface area (Å²) >= 11 is 13.9. The van der Waals surface area contributed by atoms with Crippen LogP contribution in [0.1, 0.15) is 38.3 Å². The normalized spacial score (nSPS) is 12.0. The number of halogens is 2. The number of nitrogens with zero attached hydrogens (tertiary/aromatic N) is 1. The number of amides is 2. The van der Waals surface area contributed by atoms with Crippen LogP contribution in [-0.4, -0.2) is 34.6 Å². The van der Waals surface area contributed by atoms with E-state index in [9.17, 15) is 9.59 Å². The summed E-state index contributed by atoms with van der Waals surface area (Å²) in [6, 6.07) is 12.8. The van der Waals surface area contributed by atoms with Crippen molar-refractivity contribution in [3.63, 3.8) is 0 Å². The first-order chi connectivity index (χ1) is 14.2. The van der Waals surface area contributed by atoms with Crippen molar-refractivity contribution in [3.8, 4) is 0 Å². The molecule has 2 rings (SSSR count). The molecular formula is C23H28Cl2N2O2S. The summed E-state index contributed by atoms with van der Waals surface area (Å²) in [6.45, 7) is 7.82. The molecule has 4 nitrogen and oxygen atoms in total. The Kier molecular flexibility index (Phi) is 9.53. The van der Waals surface area contributed by atoms with Crippen molar-refractivity contribution in [3.05, 3.63) is 63.6 Å². The van der Waals surface area contributed by atoms with Crippen LogP contribution in [0.25, 0.3) is 0 Å². The quantitative estimate of drug-likeness (QED) is 0.480. The van der Waals surface area contributed by atoms with Gasteiger partial charge in [-0.05, 0) is 57.5 Å². The molecule has 0 aliphatic carbocycles. The Labute approximate surface area is 193 Å². The Morgan fingerprint density at radius 2 is 1.73 bits per heavy atom. The highest BCUT2D eigenvalue weighted by Gasteiger charge is 2.26. The third kappa shape index (κ3) is 7.53. The zero-order valence-electron chi connectivity index (χ0n) is 17.7. The molecule has 0 saturated heterocycles. The smallest absolute Gasteiger partial charge is 0.242 e. The zero-order chi connectivity index (χ0) is 22.3.